The number of anilines is 1. The lowest BCUT2D eigenvalue weighted by Gasteiger charge is -2.34. The largest absolute Gasteiger partial charge is 0.380 e. The second kappa shape index (κ2) is 9.87. The molecule has 0 bridgehead atoms. The third-order valence-corrected chi connectivity index (χ3v) is 5.84. The highest BCUT2D eigenvalue weighted by Gasteiger charge is 2.34. The van der Waals surface area contributed by atoms with E-state index in [1.807, 2.05) is 11.0 Å². The number of carbonyl (C=O) groups excluding carboxylic acids is 2. The normalized spacial score (nSPS) is 19.3. The number of hydrogen-bond donors (Lipinski definition) is 3. The van der Waals surface area contributed by atoms with Crippen molar-refractivity contribution in [2.45, 2.75) is 37.9 Å². The Morgan fingerprint density at radius 1 is 1.17 bits per heavy atom. The SMILES string of the molecule is N#Cc1cc(F)ccc1N1CCC(CNC(=O)C(O)C(O)C(=O)N2CCCC2)CC1. The average Bonchev–Trinajstić information content (AvgIpc) is 3.31. The number of carbonyl (C=O) groups is 2. The monoisotopic (exact) mass is 418 g/mol. The molecule has 0 aliphatic carbocycles. The molecule has 3 N–H and O–H groups in total. The van der Waals surface area contributed by atoms with Gasteiger partial charge >= 0.3 is 0 Å². The second-order valence-corrected chi connectivity index (χ2v) is 7.87. The van der Waals surface area contributed by atoms with Crippen LogP contribution in [-0.4, -0.2) is 71.9 Å². The van der Waals surface area contributed by atoms with Gasteiger partial charge in [0.15, 0.2) is 12.2 Å². The van der Waals surface area contributed by atoms with E-state index < -0.39 is 29.8 Å². The van der Waals surface area contributed by atoms with E-state index in [0.29, 0.717) is 44.0 Å². The molecule has 3 rings (SSSR count). The zero-order chi connectivity index (χ0) is 21.7. The number of aliphatic hydroxyl groups is 2. The van der Waals surface area contributed by atoms with Gasteiger partial charge in [0, 0.05) is 32.7 Å². The van der Waals surface area contributed by atoms with Crippen LogP contribution < -0.4 is 10.2 Å². The van der Waals surface area contributed by atoms with Crippen molar-refractivity contribution in [3.05, 3.63) is 29.6 Å². The first-order chi connectivity index (χ1) is 14.4. The number of aliphatic hydroxyl groups excluding tert-OH is 2. The van der Waals surface area contributed by atoms with Gasteiger partial charge in [0.1, 0.15) is 11.9 Å². The predicted octanol–water partition coefficient (Wildman–Crippen LogP) is 0.374. The van der Waals surface area contributed by atoms with Crippen LogP contribution in [-0.2, 0) is 9.59 Å². The Bertz CT molecular complexity index is 814. The first-order valence-electron chi connectivity index (χ1n) is 10.3. The minimum atomic E-state index is -1.80. The number of rotatable bonds is 6. The van der Waals surface area contributed by atoms with Crippen LogP contribution in [0.5, 0.6) is 0 Å². The van der Waals surface area contributed by atoms with E-state index in [2.05, 4.69) is 5.32 Å². The highest BCUT2D eigenvalue weighted by molar-refractivity contribution is 5.90. The van der Waals surface area contributed by atoms with Crippen LogP contribution in [0.2, 0.25) is 0 Å². The van der Waals surface area contributed by atoms with Crippen LogP contribution >= 0.6 is 0 Å². The molecule has 2 fully saturated rings. The molecule has 9 heteroatoms. The van der Waals surface area contributed by atoms with Crippen molar-refractivity contribution in [3.63, 3.8) is 0 Å². The van der Waals surface area contributed by atoms with Gasteiger partial charge in [-0.25, -0.2) is 4.39 Å². The van der Waals surface area contributed by atoms with Crippen molar-refractivity contribution in [1.82, 2.24) is 10.2 Å². The molecule has 30 heavy (non-hydrogen) atoms. The van der Waals surface area contributed by atoms with Gasteiger partial charge in [-0.05, 0) is 49.8 Å². The number of halogens is 1. The topological polar surface area (TPSA) is 117 Å². The summed E-state index contributed by atoms with van der Waals surface area (Å²) >= 11 is 0. The van der Waals surface area contributed by atoms with E-state index in [1.165, 1.54) is 17.0 Å². The van der Waals surface area contributed by atoms with E-state index in [9.17, 15) is 29.5 Å². The highest BCUT2D eigenvalue weighted by Crippen LogP contribution is 2.26. The number of amides is 2. The quantitative estimate of drug-likeness (QED) is 0.615. The van der Waals surface area contributed by atoms with Crippen LogP contribution in [0.1, 0.15) is 31.2 Å². The van der Waals surface area contributed by atoms with Crippen molar-refractivity contribution in [2.24, 2.45) is 5.92 Å². The molecule has 0 aromatic heterocycles. The summed E-state index contributed by atoms with van der Waals surface area (Å²) in [6.07, 6.45) is -0.356. The molecule has 162 valence electrons. The van der Waals surface area contributed by atoms with Crippen molar-refractivity contribution in [3.8, 4) is 6.07 Å². The fourth-order valence-electron chi connectivity index (χ4n) is 4.00. The fourth-order valence-corrected chi connectivity index (χ4v) is 4.00. The Morgan fingerprint density at radius 2 is 1.83 bits per heavy atom. The van der Waals surface area contributed by atoms with Crippen molar-refractivity contribution in [1.29, 1.82) is 5.26 Å². The van der Waals surface area contributed by atoms with Crippen molar-refractivity contribution >= 4 is 17.5 Å². The highest BCUT2D eigenvalue weighted by atomic mass is 19.1. The molecule has 1 aromatic rings. The summed E-state index contributed by atoms with van der Waals surface area (Å²) in [4.78, 5) is 27.8. The molecular weight excluding hydrogens is 391 g/mol. The van der Waals surface area contributed by atoms with E-state index >= 15 is 0 Å². The van der Waals surface area contributed by atoms with Gasteiger partial charge < -0.3 is 25.3 Å². The zero-order valence-corrected chi connectivity index (χ0v) is 16.8. The minimum absolute atomic E-state index is 0.162. The summed E-state index contributed by atoms with van der Waals surface area (Å²) in [7, 11) is 0. The molecule has 2 amide bonds. The Hall–Kier alpha value is -2.70. The van der Waals surface area contributed by atoms with Crippen LogP contribution in [0, 0.1) is 23.1 Å². The van der Waals surface area contributed by atoms with Gasteiger partial charge in [-0.3, -0.25) is 9.59 Å². The van der Waals surface area contributed by atoms with Crippen LogP contribution in [0.15, 0.2) is 18.2 Å². The number of hydrogen-bond acceptors (Lipinski definition) is 6. The number of nitrogens with one attached hydrogen (secondary N) is 1. The number of piperidine rings is 1. The molecule has 0 spiro atoms. The van der Waals surface area contributed by atoms with Gasteiger partial charge in [0.05, 0.1) is 11.3 Å². The van der Waals surface area contributed by atoms with E-state index in [0.717, 1.165) is 25.7 Å². The molecule has 2 aliphatic heterocycles. The minimum Gasteiger partial charge on any atom is -0.380 e. The lowest BCUT2D eigenvalue weighted by Crippen LogP contribution is -2.51. The Kier molecular flexibility index (Phi) is 7.24. The van der Waals surface area contributed by atoms with E-state index in [-0.39, 0.29) is 5.92 Å². The predicted molar refractivity (Wildman–Crippen MR) is 107 cm³/mol. The molecule has 2 aliphatic rings. The summed E-state index contributed by atoms with van der Waals surface area (Å²) in [5.74, 6) is -1.66. The molecule has 2 unspecified atom stereocenters. The standard InChI is InChI=1S/C21H27FN4O4/c22-16-3-4-17(15(11-16)12-23)25-9-5-14(6-10-25)13-24-20(29)18(27)19(28)21(30)26-7-1-2-8-26/h3-4,11,14,18-19,27-28H,1-2,5-10,13H2,(H,24,29). The average molecular weight is 418 g/mol. The Balaban J connectivity index is 1.45. The summed E-state index contributed by atoms with van der Waals surface area (Å²) in [5.41, 5.74) is 0.988. The maximum atomic E-state index is 13.3. The molecule has 0 radical (unpaired) electrons. The number of nitriles is 1. The zero-order valence-electron chi connectivity index (χ0n) is 16.8. The molecule has 0 saturated carbocycles. The van der Waals surface area contributed by atoms with Crippen LogP contribution in [0.25, 0.3) is 0 Å². The van der Waals surface area contributed by atoms with Gasteiger partial charge in [0.25, 0.3) is 11.8 Å². The summed E-state index contributed by atoms with van der Waals surface area (Å²) in [5, 5.41) is 31.9. The summed E-state index contributed by atoms with van der Waals surface area (Å²) < 4.78 is 13.3. The number of nitrogens with zero attached hydrogens (tertiary/aromatic N) is 3. The second-order valence-electron chi connectivity index (χ2n) is 7.87. The molecule has 1 aromatic carbocycles. The van der Waals surface area contributed by atoms with Crippen LogP contribution in [0.4, 0.5) is 10.1 Å². The lowest BCUT2D eigenvalue weighted by atomic mass is 9.95. The first kappa shape index (κ1) is 22.0. The van der Waals surface area contributed by atoms with Crippen molar-refractivity contribution in [2.75, 3.05) is 37.6 Å². The van der Waals surface area contributed by atoms with Gasteiger partial charge in [-0.15, -0.1) is 0 Å². The third kappa shape index (κ3) is 5.07. The molecular formula is C21H27FN4O4. The molecule has 2 heterocycles. The maximum absolute atomic E-state index is 13.3. The number of likely N-dealkylation sites (tertiary alicyclic amines) is 1. The van der Waals surface area contributed by atoms with Crippen LogP contribution in [0.3, 0.4) is 0 Å². The van der Waals surface area contributed by atoms with Crippen molar-refractivity contribution < 1.29 is 24.2 Å². The lowest BCUT2D eigenvalue weighted by molar-refractivity contribution is -0.152. The third-order valence-electron chi connectivity index (χ3n) is 5.84. The number of benzene rings is 1. The van der Waals surface area contributed by atoms with E-state index in [1.54, 1.807) is 6.07 Å². The molecule has 2 saturated heterocycles. The summed E-state index contributed by atoms with van der Waals surface area (Å²) in [6.45, 7) is 2.69. The Labute approximate surface area is 174 Å². The maximum Gasteiger partial charge on any atom is 0.254 e. The van der Waals surface area contributed by atoms with Gasteiger partial charge in [0.2, 0.25) is 0 Å². The Morgan fingerprint density at radius 3 is 2.47 bits per heavy atom. The first-order valence-corrected chi connectivity index (χ1v) is 10.3. The smallest absolute Gasteiger partial charge is 0.254 e. The van der Waals surface area contributed by atoms with Gasteiger partial charge in [-0.2, -0.15) is 5.26 Å². The fraction of sp³-hybridized carbons (Fsp3) is 0.571. The molecule has 2 atom stereocenters. The molecule has 8 nitrogen and oxygen atoms in total. The van der Waals surface area contributed by atoms with Gasteiger partial charge in [-0.1, -0.05) is 0 Å². The van der Waals surface area contributed by atoms with E-state index in [4.69, 9.17) is 0 Å². The summed E-state index contributed by atoms with van der Waals surface area (Å²) in [6, 6.07) is 6.17.